The van der Waals surface area contributed by atoms with Crippen LogP contribution in [0.25, 0.3) is 0 Å². The van der Waals surface area contributed by atoms with Crippen molar-refractivity contribution in [3.8, 4) is 11.5 Å². The number of hydrogen-bond acceptors (Lipinski definition) is 3. The van der Waals surface area contributed by atoms with Crippen molar-refractivity contribution in [2.75, 3.05) is 14.2 Å². The maximum Gasteiger partial charge on any atom is 0.407 e. The van der Waals surface area contributed by atoms with Gasteiger partial charge in [0.05, 0.1) is 14.2 Å². The fourth-order valence-electron chi connectivity index (χ4n) is 1.47. The molecule has 0 fully saturated rings. The zero-order valence-electron chi connectivity index (χ0n) is 9.76. The van der Waals surface area contributed by atoms with E-state index >= 15 is 0 Å². The first kappa shape index (κ1) is 13.6. The van der Waals surface area contributed by atoms with E-state index in [1.165, 1.54) is 26.4 Å². The number of halogens is 3. The third-order valence-electron chi connectivity index (χ3n) is 2.49. The Hall–Kier alpha value is -1.43. The molecule has 0 aromatic heterocycles. The van der Waals surface area contributed by atoms with Crippen molar-refractivity contribution in [1.29, 1.82) is 0 Å². The maximum absolute atomic E-state index is 12.5. The van der Waals surface area contributed by atoms with E-state index in [1.807, 2.05) is 0 Å². The third kappa shape index (κ3) is 2.82. The second kappa shape index (κ2) is 4.83. The molecular weight excluding hydrogens is 235 g/mol. The van der Waals surface area contributed by atoms with Gasteiger partial charge in [-0.2, -0.15) is 13.2 Å². The smallest absolute Gasteiger partial charge is 0.407 e. The summed E-state index contributed by atoms with van der Waals surface area (Å²) in [5, 5.41) is 0. The minimum absolute atomic E-state index is 0.0863. The summed E-state index contributed by atoms with van der Waals surface area (Å²) in [5.41, 5.74) is 5.68. The summed E-state index contributed by atoms with van der Waals surface area (Å²) in [5.74, 6) is 0.637. The van der Waals surface area contributed by atoms with Gasteiger partial charge in [0.2, 0.25) is 0 Å². The first-order valence-electron chi connectivity index (χ1n) is 4.86. The van der Waals surface area contributed by atoms with E-state index in [0.717, 1.165) is 0 Å². The maximum atomic E-state index is 12.5. The Morgan fingerprint density at radius 2 is 1.53 bits per heavy atom. The van der Waals surface area contributed by atoms with Crippen LogP contribution in [-0.4, -0.2) is 20.4 Å². The lowest BCUT2D eigenvalue weighted by Gasteiger charge is -2.19. The van der Waals surface area contributed by atoms with E-state index in [2.05, 4.69) is 0 Å². The summed E-state index contributed by atoms with van der Waals surface area (Å²) in [6.45, 7) is 1.69. The number of hydrogen-bond donors (Lipinski definition) is 1. The van der Waals surface area contributed by atoms with E-state index in [4.69, 9.17) is 15.2 Å². The Kier molecular flexibility index (Phi) is 3.87. The van der Waals surface area contributed by atoms with Gasteiger partial charge in [-0.05, 0) is 24.6 Å². The molecule has 0 saturated heterocycles. The van der Waals surface area contributed by atoms with Gasteiger partial charge >= 0.3 is 6.18 Å². The van der Waals surface area contributed by atoms with Gasteiger partial charge in [0.25, 0.3) is 0 Å². The Morgan fingerprint density at radius 3 is 1.82 bits per heavy atom. The second-order valence-electron chi connectivity index (χ2n) is 3.57. The number of nitrogens with two attached hydrogens (primary N) is 1. The second-order valence-corrected chi connectivity index (χ2v) is 3.57. The van der Waals surface area contributed by atoms with Crippen molar-refractivity contribution < 1.29 is 22.6 Å². The Balaban J connectivity index is 3.27. The average molecular weight is 249 g/mol. The van der Waals surface area contributed by atoms with Gasteiger partial charge in [0.15, 0.2) is 0 Å². The van der Waals surface area contributed by atoms with E-state index in [1.54, 1.807) is 6.92 Å². The molecule has 0 aliphatic heterocycles. The molecule has 17 heavy (non-hydrogen) atoms. The molecule has 96 valence electrons. The van der Waals surface area contributed by atoms with Crippen molar-refractivity contribution >= 4 is 0 Å². The van der Waals surface area contributed by atoms with Gasteiger partial charge < -0.3 is 15.2 Å². The number of rotatable bonds is 3. The predicted molar refractivity (Wildman–Crippen MR) is 57.3 cm³/mol. The lowest BCUT2D eigenvalue weighted by atomic mass is 10.0. The summed E-state index contributed by atoms with van der Waals surface area (Å²) in [4.78, 5) is 0. The number of alkyl halides is 3. The van der Waals surface area contributed by atoms with Crippen LogP contribution in [0.5, 0.6) is 11.5 Å². The first-order valence-corrected chi connectivity index (χ1v) is 4.86. The molecule has 2 N–H and O–H groups in total. The van der Waals surface area contributed by atoms with Crippen molar-refractivity contribution in [1.82, 2.24) is 0 Å². The minimum atomic E-state index is -4.49. The number of benzene rings is 1. The molecule has 0 saturated carbocycles. The van der Waals surface area contributed by atoms with E-state index in [9.17, 15) is 13.2 Å². The van der Waals surface area contributed by atoms with Crippen molar-refractivity contribution in [2.24, 2.45) is 5.73 Å². The van der Waals surface area contributed by atoms with Crippen LogP contribution < -0.4 is 15.2 Å². The highest BCUT2D eigenvalue weighted by Gasteiger charge is 2.38. The zero-order valence-corrected chi connectivity index (χ0v) is 9.76. The van der Waals surface area contributed by atoms with Crippen LogP contribution in [0.15, 0.2) is 12.1 Å². The monoisotopic (exact) mass is 249 g/mol. The summed E-state index contributed by atoms with van der Waals surface area (Å²) in [6.07, 6.45) is -4.49. The van der Waals surface area contributed by atoms with Gasteiger partial charge in [-0.15, -0.1) is 0 Å². The van der Waals surface area contributed by atoms with Crippen LogP contribution in [0.3, 0.4) is 0 Å². The van der Waals surface area contributed by atoms with E-state index in [-0.39, 0.29) is 5.56 Å². The molecule has 0 aliphatic carbocycles. The molecule has 1 aromatic carbocycles. The molecule has 0 heterocycles. The van der Waals surface area contributed by atoms with Crippen LogP contribution in [0, 0.1) is 6.92 Å². The van der Waals surface area contributed by atoms with Gasteiger partial charge in [-0.25, -0.2) is 0 Å². The summed E-state index contributed by atoms with van der Waals surface area (Å²) >= 11 is 0. The summed E-state index contributed by atoms with van der Waals surface area (Å²) < 4.78 is 47.5. The first-order chi connectivity index (χ1) is 7.81. The Labute approximate surface area is 97.3 Å². The highest BCUT2D eigenvalue weighted by Crippen LogP contribution is 2.36. The van der Waals surface area contributed by atoms with Crippen LogP contribution in [-0.2, 0) is 0 Å². The van der Waals surface area contributed by atoms with Crippen molar-refractivity contribution in [3.63, 3.8) is 0 Å². The molecule has 0 amide bonds. The molecule has 0 spiro atoms. The van der Waals surface area contributed by atoms with E-state index in [0.29, 0.717) is 17.1 Å². The molecule has 1 unspecified atom stereocenters. The molecule has 1 atom stereocenters. The fraction of sp³-hybridized carbons (Fsp3) is 0.455. The normalized spacial score (nSPS) is 13.4. The third-order valence-corrected chi connectivity index (χ3v) is 2.49. The molecule has 1 aromatic rings. The van der Waals surface area contributed by atoms with Crippen LogP contribution in [0.1, 0.15) is 17.2 Å². The molecule has 0 radical (unpaired) electrons. The molecule has 6 heteroatoms. The van der Waals surface area contributed by atoms with Crippen molar-refractivity contribution in [2.45, 2.75) is 19.1 Å². The van der Waals surface area contributed by atoms with Gasteiger partial charge in [-0.1, -0.05) is 0 Å². The van der Waals surface area contributed by atoms with Gasteiger partial charge in [0, 0.05) is 5.56 Å². The molecule has 0 bridgehead atoms. The fourth-order valence-corrected chi connectivity index (χ4v) is 1.47. The largest absolute Gasteiger partial charge is 0.496 e. The number of ether oxygens (including phenoxy) is 2. The molecule has 1 rings (SSSR count). The Bertz CT molecular complexity index is 379. The van der Waals surface area contributed by atoms with Gasteiger partial charge in [0.1, 0.15) is 17.5 Å². The van der Waals surface area contributed by atoms with Crippen LogP contribution >= 0.6 is 0 Å². The topological polar surface area (TPSA) is 44.5 Å². The summed E-state index contributed by atoms with van der Waals surface area (Å²) in [6, 6.07) is 0.498. The standard InChI is InChI=1S/C11H14F3NO2/c1-6-8(16-2)4-7(5-9(6)17-3)10(15)11(12,13)14/h4-5,10H,15H2,1-3H3. The predicted octanol–water partition coefficient (Wildman–Crippen LogP) is 2.57. The zero-order chi connectivity index (χ0) is 13.2. The average Bonchev–Trinajstić information content (AvgIpc) is 2.27. The molecule has 3 nitrogen and oxygen atoms in total. The highest BCUT2D eigenvalue weighted by molar-refractivity contribution is 5.48. The SMILES string of the molecule is COc1cc(C(N)C(F)(F)F)cc(OC)c1C. The van der Waals surface area contributed by atoms with Crippen LogP contribution in [0.2, 0.25) is 0 Å². The highest BCUT2D eigenvalue weighted by atomic mass is 19.4. The van der Waals surface area contributed by atoms with E-state index < -0.39 is 12.2 Å². The summed E-state index contributed by atoms with van der Waals surface area (Å²) in [7, 11) is 2.76. The molecular formula is C11H14F3NO2. The lowest BCUT2D eigenvalue weighted by Crippen LogP contribution is -2.28. The minimum Gasteiger partial charge on any atom is -0.496 e. The van der Waals surface area contributed by atoms with Gasteiger partial charge in [-0.3, -0.25) is 0 Å². The van der Waals surface area contributed by atoms with Crippen LogP contribution in [0.4, 0.5) is 13.2 Å². The molecule has 0 aliphatic rings. The lowest BCUT2D eigenvalue weighted by molar-refractivity contribution is -0.149. The Morgan fingerprint density at radius 1 is 1.12 bits per heavy atom. The number of methoxy groups -OCH3 is 2. The van der Waals surface area contributed by atoms with Crippen molar-refractivity contribution in [3.05, 3.63) is 23.3 Å². The quantitative estimate of drug-likeness (QED) is 0.895.